The Labute approximate surface area is 125 Å². The minimum Gasteiger partial charge on any atom is -0.351 e. The fourth-order valence-corrected chi connectivity index (χ4v) is 1.99. The lowest BCUT2D eigenvalue weighted by Gasteiger charge is -2.07. The first-order valence-electron chi connectivity index (χ1n) is 7.26. The Balaban J connectivity index is 1.64. The molecule has 1 amide bonds. The molecular weight excluding hydrogens is 262 g/mol. The van der Waals surface area contributed by atoms with Crippen molar-refractivity contribution in [2.45, 2.75) is 19.9 Å². The average molecular weight is 283 g/mol. The van der Waals surface area contributed by atoms with Gasteiger partial charge in [0.05, 0.1) is 5.56 Å². The number of carbonyl (C=O) groups is 1. The molecule has 0 radical (unpaired) electrons. The van der Waals surface area contributed by atoms with Gasteiger partial charge in [0.1, 0.15) is 0 Å². The van der Waals surface area contributed by atoms with Gasteiger partial charge in [-0.3, -0.25) is 9.78 Å². The maximum absolute atomic E-state index is 11.8. The number of pyridine rings is 1. The molecule has 4 nitrogen and oxygen atoms in total. The van der Waals surface area contributed by atoms with Crippen molar-refractivity contribution in [1.29, 1.82) is 0 Å². The van der Waals surface area contributed by atoms with E-state index in [1.807, 2.05) is 0 Å². The van der Waals surface area contributed by atoms with Gasteiger partial charge in [-0.25, -0.2) is 0 Å². The Morgan fingerprint density at radius 2 is 1.86 bits per heavy atom. The SMILES string of the molecule is CCc1ccc(CNCCNC(=O)c2cccnc2)cc1. The standard InChI is InChI=1S/C17H21N3O/c1-2-14-5-7-15(8-6-14)12-19-10-11-20-17(21)16-4-3-9-18-13-16/h3-9,13,19H,2,10-12H2,1H3,(H,20,21). The van der Waals surface area contributed by atoms with Crippen molar-refractivity contribution in [2.24, 2.45) is 0 Å². The lowest BCUT2D eigenvalue weighted by molar-refractivity contribution is 0.0953. The normalized spacial score (nSPS) is 10.3. The van der Waals surface area contributed by atoms with E-state index in [1.165, 1.54) is 11.1 Å². The third-order valence-electron chi connectivity index (χ3n) is 3.27. The molecule has 2 aromatic rings. The second-order valence-corrected chi connectivity index (χ2v) is 4.84. The average Bonchev–Trinajstić information content (AvgIpc) is 2.55. The summed E-state index contributed by atoms with van der Waals surface area (Å²) in [6, 6.07) is 12.1. The summed E-state index contributed by atoms with van der Waals surface area (Å²) in [6.07, 6.45) is 4.29. The van der Waals surface area contributed by atoms with Crippen molar-refractivity contribution in [3.8, 4) is 0 Å². The van der Waals surface area contributed by atoms with Crippen LogP contribution in [0.15, 0.2) is 48.8 Å². The van der Waals surface area contributed by atoms with E-state index in [0.29, 0.717) is 12.1 Å². The van der Waals surface area contributed by atoms with E-state index in [9.17, 15) is 4.79 Å². The summed E-state index contributed by atoms with van der Waals surface area (Å²) in [4.78, 5) is 15.7. The van der Waals surface area contributed by atoms with Crippen LogP contribution < -0.4 is 10.6 Å². The number of nitrogens with one attached hydrogen (secondary N) is 2. The predicted molar refractivity (Wildman–Crippen MR) is 84.1 cm³/mol. The maximum atomic E-state index is 11.8. The minimum absolute atomic E-state index is 0.0859. The largest absolute Gasteiger partial charge is 0.351 e. The third-order valence-corrected chi connectivity index (χ3v) is 3.27. The van der Waals surface area contributed by atoms with Crippen LogP contribution in [0, 0.1) is 0 Å². The van der Waals surface area contributed by atoms with Gasteiger partial charge in [0, 0.05) is 32.0 Å². The first-order valence-corrected chi connectivity index (χ1v) is 7.26. The third kappa shape index (κ3) is 5.00. The highest BCUT2D eigenvalue weighted by atomic mass is 16.1. The Hall–Kier alpha value is -2.20. The van der Waals surface area contributed by atoms with Gasteiger partial charge in [-0.2, -0.15) is 0 Å². The monoisotopic (exact) mass is 283 g/mol. The van der Waals surface area contributed by atoms with Gasteiger partial charge in [-0.05, 0) is 29.7 Å². The molecule has 0 fully saturated rings. The van der Waals surface area contributed by atoms with Crippen LogP contribution in [0.2, 0.25) is 0 Å². The summed E-state index contributed by atoms with van der Waals surface area (Å²) in [7, 11) is 0. The van der Waals surface area contributed by atoms with Crippen LogP contribution >= 0.6 is 0 Å². The zero-order valence-electron chi connectivity index (χ0n) is 12.3. The van der Waals surface area contributed by atoms with E-state index < -0.39 is 0 Å². The summed E-state index contributed by atoms with van der Waals surface area (Å²) in [5.41, 5.74) is 3.20. The highest BCUT2D eigenvalue weighted by Crippen LogP contribution is 2.04. The lowest BCUT2D eigenvalue weighted by Crippen LogP contribution is -2.31. The number of aryl methyl sites for hydroxylation is 1. The van der Waals surface area contributed by atoms with Crippen molar-refractivity contribution < 1.29 is 4.79 Å². The Morgan fingerprint density at radius 3 is 2.52 bits per heavy atom. The molecular formula is C17H21N3O. The van der Waals surface area contributed by atoms with Gasteiger partial charge in [0.2, 0.25) is 0 Å². The number of carbonyl (C=O) groups excluding carboxylic acids is 1. The number of hydrogen-bond acceptors (Lipinski definition) is 3. The maximum Gasteiger partial charge on any atom is 0.252 e. The topological polar surface area (TPSA) is 54.0 Å². The fraction of sp³-hybridized carbons (Fsp3) is 0.294. The highest BCUT2D eigenvalue weighted by Gasteiger charge is 2.03. The first kappa shape index (κ1) is 15.2. The molecule has 0 aliphatic rings. The number of nitrogens with zero attached hydrogens (tertiary/aromatic N) is 1. The van der Waals surface area contributed by atoms with E-state index in [2.05, 4.69) is 46.8 Å². The van der Waals surface area contributed by atoms with E-state index in [1.54, 1.807) is 24.5 Å². The summed E-state index contributed by atoms with van der Waals surface area (Å²) >= 11 is 0. The van der Waals surface area contributed by atoms with Crippen LogP contribution in [0.25, 0.3) is 0 Å². The zero-order chi connectivity index (χ0) is 14.9. The summed E-state index contributed by atoms with van der Waals surface area (Å²) in [5.74, 6) is -0.0859. The van der Waals surface area contributed by atoms with Crippen molar-refractivity contribution in [1.82, 2.24) is 15.6 Å². The van der Waals surface area contributed by atoms with E-state index in [0.717, 1.165) is 19.5 Å². The summed E-state index contributed by atoms with van der Waals surface area (Å²) < 4.78 is 0. The second-order valence-electron chi connectivity index (χ2n) is 4.84. The van der Waals surface area contributed by atoms with Crippen molar-refractivity contribution in [3.63, 3.8) is 0 Å². The molecule has 0 saturated heterocycles. The van der Waals surface area contributed by atoms with Crippen molar-refractivity contribution >= 4 is 5.91 Å². The van der Waals surface area contributed by atoms with E-state index in [-0.39, 0.29) is 5.91 Å². The molecule has 0 bridgehead atoms. The molecule has 1 heterocycles. The van der Waals surface area contributed by atoms with Crippen LogP contribution in [-0.4, -0.2) is 24.0 Å². The zero-order valence-corrected chi connectivity index (χ0v) is 12.3. The minimum atomic E-state index is -0.0859. The molecule has 2 rings (SSSR count). The quantitative estimate of drug-likeness (QED) is 0.766. The lowest BCUT2D eigenvalue weighted by atomic mass is 10.1. The van der Waals surface area contributed by atoms with Crippen LogP contribution in [-0.2, 0) is 13.0 Å². The summed E-state index contributed by atoms with van der Waals surface area (Å²) in [5, 5.41) is 6.18. The number of aromatic nitrogens is 1. The van der Waals surface area contributed by atoms with Gasteiger partial charge in [0.25, 0.3) is 5.91 Å². The Bertz CT molecular complexity index is 552. The van der Waals surface area contributed by atoms with Crippen LogP contribution in [0.4, 0.5) is 0 Å². The smallest absolute Gasteiger partial charge is 0.252 e. The number of benzene rings is 1. The fourth-order valence-electron chi connectivity index (χ4n) is 1.99. The molecule has 0 aliphatic heterocycles. The molecule has 21 heavy (non-hydrogen) atoms. The number of hydrogen-bond donors (Lipinski definition) is 2. The molecule has 0 atom stereocenters. The van der Waals surface area contributed by atoms with Crippen LogP contribution in [0.5, 0.6) is 0 Å². The Kier molecular flexibility index (Phi) is 5.91. The van der Waals surface area contributed by atoms with Gasteiger partial charge in [0.15, 0.2) is 0 Å². The van der Waals surface area contributed by atoms with Crippen LogP contribution in [0.1, 0.15) is 28.4 Å². The van der Waals surface area contributed by atoms with E-state index >= 15 is 0 Å². The second kappa shape index (κ2) is 8.17. The molecule has 110 valence electrons. The van der Waals surface area contributed by atoms with Gasteiger partial charge >= 0.3 is 0 Å². The molecule has 0 aliphatic carbocycles. The molecule has 1 aromatic carbocycles. The molecule has 2 N–H and O–H groups in total. The number of rotatable bonds is 7. The van der Waals surface area contributed by atoms with Gasteiger partial charge < -0.3 is 10.6 Å². The molecule has 1 aromatic heterocycles. The number of amides is 1. The van der Waals surface area contributed by atoms with Crippen molar-refractivity contribution in [3.05, 3.63) is 65.5 Å². The van der Waals surface area contributed by atoms with E-state index in [4.69, 9.17) is 0 Å². The Morgan fingerprint density at radius 1 is 1.10 bits per heavy atom. The van der Waals surface area contributed by atoms with Gasteiger partial charge in [-0.1, -0.05) is 31.2 Å². The highest BCUT2D eigenvalue weighted by molar-refractivity contribution is 5.93. The molecule has 4 heteroatoms. The predicted octanol–water partition coefficient (Wildman–Crippen LogP) is 2.16. The summed E-state index contributed by atoms with van der Waals surface area (Å²) in [6.45, 7) is 4.30. The molecule has 0 saturated carbocycles. The van der Waals surface area contributed by atoms with Crippen molar-refractivity contribution in [2.75, 3.05) is 13.1 Å². The molecule has 0 unspecified atom stereocenters. The van der Waals surface area contributed by atoms with Gasteiger partial charge in [-0.15, -0.1) is 0 Å². The first-order chi connectivity index (χ1) is 10.3. The van der Waals surface area contributed by atoms with Crippen LogP contribution in [0.3, 0.4) is 0 Å². The molecule has 0 spiro atoms.